The van der Waals surface area contributed by atoms with Gasteiger partial charge in [0, 0.05) is 5.41 Å². The lowest BCUT2D eigenvalue weighted by atomic mass is 9.87. The van der Waals surface area contributed by atoms with Gasteiger partial charge in [-0.1, -0.05) is 25.1 Å². The molecule has 0 saturated heterocycles. The van der Waals surface area contributed by atoms with Crippen LogP contribution in [0, 0.1) is 6.92 Å². The van der Waals surface area contributed by atoms with Crippen LogP contribution in [0.1, 0.15) is 42.9 Å². The molecule has 0 spiro atoms. The SMILES string of the molecule is CCc1ccc(C)c(C2(CC(=O)O)CC2)c1. The maximum atomic E-state index is 10.9. The lowest BCUT2D eigenvalue weighted by Gasteiger charge is -2.17. The smallest absolute Gasteiger partial charge is 0.304 e. The highest BCUT2D eigenvalue weighted by Gasteiger charge is 2.46. The van der Waals surface area contributed by atoms with Crippen molar-refractivity contribution in [2.75, 3.05) is 0 Å². The summed E-state index contributed by atoms with van der Waals surface area (Å²) in [5.74, 6) is -0.682. The Morgan fingerprint density at radius 1 is 1.44 bits per heavy atom. The van der Waals surface area contributed by atoms with Crippen molar-refractivity contribution in [3.05, 3.63) is 34.9 Å². The van der Waals surface area contributed by atoms with Gasteiger partial charge in [-0.15, -0.1) is 0 Å². The summed E-state index contributed by atoms with van der Waals surface area (Å²) in [5.41, 5.74) is 3.74. The number of carbonyl (C=O) groups is 1. The average molecular weight is 218 g/mol. The first-order valence-corrected chi connectivity index (χ1v) is 5.89. The molecule has 1 aliphatic carbocycles. The minimum atomic E-state index is -0.682. The zero-order valence-corrected chi connectivity index (χ0v) is 9.92. The van der Waals surface area contributed by atoms with E-state index in [-0.39, 0.29) is 11.8 Å². The van der Waals surface area contributed by atoms with E-state index in [2.05, 4.69) is 32.0 Å². The van der Waals surface area contributed by atoms with Crippen molar-refractivity contribution >= 4 is 5.97 Å². The standard InChI is InChI=1S/C14H18O2/c1-3-11-5-4-10(2)12(8-11)14(6-7-14)9-13(15)16/h4-5,8H,3,6-7,9H2,1-2H3,(H,15,16). The number of benzene rings is 1. The van der Waals surface area contributed by atoms with Crippen LogP contribution in [0.25, 0.3) is 0 Å². The molecule has 0 unspecified atom stereocenters. The monoisotopic (exact) mass is 218 g/mol. The van der Waals surface area contributed by atoms with E-state index >= 15 is 0 Å². The summed E-state index contributed by atoms with van der Waals surface area (Å²) in [6.45, 7) is 4.21. The minimum Gasteiger partial charge on any atom is -0.481 e. The van der Waals surface area contributed by atoms with Gasteiger partial charge in [-0.3, -0.25) is 4.79 Å². The average Bonchev–Trinajstić information content (AvgIpc) is 2.98. The minimum absolute atomic E-state index is 0.0545. The van der Waals surface area contributed by atoms with E-state index < -0.39 is 5.97 Å². The van der Waals surface area contributed by atoms with Crippen LogP contribution in [0.3, 0.4) is 0 Å². The number of carboxylic acid groups (broad SMARTS) is 1. The summed E-state index contributed by atoms with van der Waals surface area (Å²) >= 11 is 0. The van der Waals surface area contributed by atoms with Crippen molar-refractivity contribution in [3.63, 3.8) is 0 Å². The Balaban J connectivity index is 2.35. The molecule has 1 aliphatic rings. The first-order valence-electron chi connectivity index (χ1n) is 5.89. The summed E-state index contributed by atoms with van der Waals surface area (Å²) in [6, 6.07) is 6.46. The highest BCUT2D eigenvalue weighted by Crippen LogP contribution is 2.52. The molecule has 0 heterocycles. The summed E-state index contributed by atoms with van der Waals surface area (Å²) in [7, 11) is 0. The molecule has 1 saturated carbocycles. The van der Waals surface area contributed by atoms with Crippen molar-refractivity contribution in [2.45, 2.75) is 44.9 Å². The van der Waals surface area contributed by atoms with Crippen molar-refractivity contribution in [1.29, 1.82) is 0 Å². The molecule has 1 aromatic rings. The van der Waals surface area contributed by atoms with Gasteiger partial charge >= 0.3 is 5.97 Å². The third-order valence-electron chi connectivity index (χ3n) is 3.62. The summed E-state index contributed by atoms with van der Waals surface area (Å²) in [6.07, 6.45) is 3.33. The normalized spacial score (nSPS) is 17.1. The molecule has 2 heteroatoms. The fourth-order valence-corrected chi connectivity index (χ4v) is 2.44. The fourth-order valence-electron chi connectivity index (χ4n) is 2.44. The van der Waals surface area contributed by atoms with Crippen LogP contribution in [0.4, 0.5) is 0 Å². The molecule has 2 rings (SSSR count). The second-order valence-corrected chi connectivity index (χ2v) is 4.85. The van der Waals surface area contributed by atoms with E-state index in [4.69, 9.17) is 5.11 Å². The van der Waals surface area contributed by atoms with Crippen molar-refractivity contribution < 1.29 is 9.90 Å². The molecule has 2 nitrogen and oxygen atoms in total. The van der Waals surface area contributed by atoms with Crippen LogP contribution >= 0.6 is 0 Å². The number of aliphatic carboxylic acids is 1. The summed E-state index contributed by atoms with van der Waals surface area (Å²) in [4.78, 5) is 10.9. The molecule has 86 valence electrons. The Hall–Kier alpha value is -1.31. The van der Waals surface area contributed by atoms with Gasteiger partial charge in [0.25, 0.3) is 0 Å². The van der Waals surface area contributed by atoms with Crippen molar-refractivity contribution in [3.8, 4) is 0 Å². The lowest BCUT2D eigenvalue weighted by molar-refractivity contribution is -0.137. The molecular formula is C14H18O2. The van der Waals surface area contributed by atoms with Crippen LogP contribution in [-0.4, -0.2) is 11.1 Å². The Morgan fingerprint density at radius 2 is 2.12 bits per heavy atom. The molecule has 1 N–H and O–H groups in total. The Morgan fingerprint density at radius 3 is 2.62 bits per heavy atom. The van der Waals surface area contributed by atoms with Gasteiger partial charge in [-0.25, -0.2) is 0 Å². The number of rotatable bonds is 4. The third-order valence-corrected chi connectivity index (χ3v) is 3.62. The molecule has 0 bridgehead atoms. The first-order chi connectivity index (χ1) is 7.57. The number of aryl methyl sites for hydroxylation is 2. The van der Waals surface area contributed by atoms with Crippen LogP contribution in [0.5, 0.6) is 0 Å². The summed E-state index contributed by atoms with van der Waals surface area (Å²) < 4.78 is 0. The van der Waals surface area contributed by atoms with Gasteiger partial charge in [-0.05, 0) is 42.9 Å². The zero-order valence-electron chi connectivity index (χ0n) is 9.92. The third kappa shape index (κ3) is 1.97. The Labute approximate surface area is 96.3 Å². The quantitative estimate of drug-likeness (QED) is 0.843. The van der Waals surface area contributed by atoms with E-state index in [0.29, 0.717) is 0 Å². The van der Waals surface area contributed by atoms with Crippen molar-refractivity contribution in [2.24, 2.45) is 0 Å². The molecule has 0 aliphatic heterocycles. The molecule has 1 fully saturated rings. The van der Waals surface area contributed by atoms with Crippen LogP contribution in [0.15, 0.2) is 18.2 Å². The van der Waals surface area contributed by atoms with Crippen LogP contribution in [0.2, 0.25) is 0 Å². The van der Waals surface area contributed by atoms with Gasteiger partial charge in [0.05, 0.1) is 6.42 Å². The van der Waals surface area contributed by atoms with E-state index in [1.54, 1.807) is 0 Å². The number of carboxylic acids is 1. The largest absolute Gasteiger partial charge is 0.481 e. The topological polar surface area (TPSA) is 37.3 Å². The van der Waals surface area contributed by atoms with Crippen molar-refractivity contribution in [1.82, 2.24) is 0 Å². The van der Waals surface area contributed by atoms with Gasteiger partial charge in [0.15, 0.2) is 0 Å². The van der Waals surface area contributed by atoms with Crippen LogP contribution in [-0.2, 0) is 16.6 Å². The van der Waals surface area contributed by atoms with Gasteiger partial charge < -0.3 is 5.11 Å². The predicted molar refractivity (Wildman–Crippen MR) is 63.7 cm³/mol. The van der Waals surface area contributed by atoms with E-state index in [1.807, 2.05) is 0 Å². The lowest BCUT2D eigenvalue weighted by Crippen LogP contribution is -2.14. The molecular weight excluding hydrogens is 200 g/mol. The predicted octanol–water partition coefficient (Wildman–Crippen LogP) is 3.06. The zero-order chi connectivity index (χ0) is 11.8. The van der Waals surface area contributed by atoms with Gasteiger partial charge in [0.1, 0.15) is 0 Å². The first kappa shape index (κ1) is 11.2. The van der Waals surface area contributed by atoms with E-state index in [9.17, 15) is 4.79 Å². The van der Waals surface area contributed by atoms with Gasteiger partial charge in [0.2, 0.25) is 0 Å². The Kier molecular flexibility index (Phi) is 2.75. The second-order valence-electron chi connectivity index (χ2n) is 4.85. The molecule has 0 aromatic heterocycles. The molecule has 1 aromatic carbocycles. The summed E-state index contributed by atoms with van der Waals surface area (Å²) in [5, 5.41) is 8.97. The number of hydrogen-bond donors (Lipinski definition) is 1. The second kappa shape index (κ2) is 3.93. The molecule has 0 amide bonds. The van der Waals surface area contributed by atoms with E-state index in [0.717, 1.165) is 19.3 Å². The van der Waals surface area contributed by atoms with Gasteiger partial charge in [-0.2, -0.15) is 0 Å². The van der Waals surface area contributed by atoms with E-state index in [1.165, 1.54) is 16.7 Å². The molecule has 16 heavy (non-hydrogen) atoms. The number of hydrogen-bond acceptors (Lipinski definition) is 1. The maximum absolute atomic E-state index is 10.9. The molecule has 0 atom stereocenters. The molecule has 0 radical (unpaired) electrons. The fraction of sp³-hybridized carbons (Fsp3) is 0.500. The van der Waals surface area contributed by atoms with Crippen LogP contribution < -0.4 is 0 Å². The Bertz CT molecular complexity index is 417. The highest BCUT2D eigenvalue weighted by atomic mass is 16.4. The maximum Gasteiger partial charge on any atom is 0.304 e. The highest BCUT2D eigenvalue weighted by molar-refractivity contribution is 5.70.